The number of esters is 1. The van der Waals surface area contributed by atoms with Crippen LogP contribution in [0.4, 0.5) is 0 Å². The molecule has 0 fully saturated rings. The fraction of sp³-hybridized carbons (Fsp3) is 0.250. The Balaban J connectivity index is 1.93. The third kappa shape index (κ3) is 3.97. The van der Waals surface area contributed by atoms with E-state index in [2.05, 4.69) is 10.1 Å². The summed E-state index contributed by atoms with van der Waals surface area (Å²) >= 11 is 7.32. The molecule has 0 aliphatic heterocycles. The number of halogens is 1. The van der Waals surface area contributed by atoms with Gasteiger partial charge < -0.3 is 9.26 Å². The van der Waals surface area contributed by atoms with Crippen LogP contribution < -0.4 is 0 Å². The van der Waals surface area contributed by atoms with Gasteiger partial charge in [-0.3, -0.25) is 0 Å². The molecule has 0 aliphatic carbocycles. The molecule has 19 heavy (non-hydrogen) atoms. The fourth-order valence-corrected chi connectivity index (χ4v) is 2.13. The molecule has 0 N–H and O–H groups in total. The highest BCUT2D eigenvalue weighted by molar-refractivity contribution is 7.98. The molecule has 2 rings (SSSR count). The standard InChI is InChI=1S/C12H11ClN2O3S/c1-2-17-12(16)11-14-10(15-18-11)7-19-9-5-3-8(13)4-6-9/h3-6H,2,7H2,1H3. The van der Waals surface area contributed by atoms with Crippen molar-refractivity contribution in [3.8, 4) is 0 Å². The van der Waals surface area contributed by atoms with E-state index in [9.17, 15) is 4.79 Å². The molecule has 0 unspecified atom stereocenters. The number of thioether (sulfide) groups is 1. The van der Waals surface area contributed by atoms with Crippen molar-refractivity contribution in [2.24, 2.45) is 0 Å². The molecule has 0 atom stereocenters. The van der Waals surface area contributed by atoms with Crippen molar-refractivity contribution in [1.29, 1.82) is 0 Å². The number of rotatable bonds is 5. The molecule has 1 heterocycles. The molecule has 0 spiro atoms. The van der Waals surface area contributed by atoms with Crippen molar-refractivity contribution >= 4 is 29.3 Å². The van der Waals surface area contributed by atoms with Gasteiger partial charge in [-0.15, -0.1) is 11.8 Å². The predicted octanol–water partition coefficient (Wildman–Crippen LogP) is 3.19. The highest BCUT2D eigenvalue weighted by Gasteiger charge is 2.15. The minimum atomic E-state index is -0.599. The zero-order valence-corrected chi connectivity index (χ0v) is 11.7. The Bertz CT molecular complexity index is 556. The number of ether oxygens (including phenoxy) is 1. The SMILES string of the molecule is CCOC(=O)c1nc(CSc2ccc(Cl)cc2)no1. The van der Waals surface area contributed by atoms with Crippen LogP contribution in [-0.2, 0) is 10.5 Å². The third-order valence-electron chi connectivity index (χ3n) is 2.10. The summed E-state index contributed by atoms with van der Waals surface area (Å²) in [4.78, 5) is 16.3. The van der Waals surface area contributed by atoms with Crippen LogP contribution in [0.3, 0.4) is 0 Å². The quantitative estimate of drug-likeness (QED) is 0.624. The Labute approximate surface area is 119 Å². The maximum Gasteiger partial charge on any atom is 0.397 e. The van der Waals surface area contributed by atoms with Gasteiger partial charge in [0.1, 0.15) is 0 Å². The zero-order valence-electron chi connectivity index (χ0n) is 10.1. The summed E-state index contributed by atoms with van der Waals surface area (Å²) in [6, 6.07) is 7.42. The first-order valence-corrected chi connectivity index (χ1v) is 6.93. The molecule has 0 saturated carbocycles. The lowest BCUT2D eigenvalue weighted by Crippen LogP contribution is -2.04. The number of benzene rings is 1. The maximum atomic E-state index is 11.3. The van der Waals surface area contributed by atoms with E-state index in [-0.39, 0.29) is 12.5 Å². The minimum absolute atomic E-state index is 0.117. The summed E-state index contributed by atoms with van der Waals surface area (Å²) in [5.41, 5.74) is 0. The van der Waals surface area contributed by atoms with Gasteiger partial charge in [0, 0.05) is 9.92 Å². The highest BCUT2D eigenvalue weighted by Crippen LogP contribution is 2.23. The van der Waals surface area contributed by atoms with E-state index in [1.165, 1.54) is 11.8 Å². The van der Waals surface area contributed by atoms with Crippen LogP contribution >= 0.6 is 23.4 Å². The number of carbonyl (C=O) groups excluding carboxylic acids is 1. The molecule has 0 aliphatic rings. The topological polar surface area (TPSA) is 65.2 Å². The second-order valence-corrected chi connectivity index (χ2v) is 4.96. The van der Waals surface area contributed by atoms with Gasteiger partial charge >= 0.3 is 11.9 Å². The van der Waals surface area contributed by atoms with Crippen molar-refractivity contribution in [1.82, 2.24) is 10.1 Å². The monoisotopic (exact) mass is 298 g/mol. The zero-order chi connectivity index (χ0) is 13.7. The van der Waals surface area contributed by atoms with E-state index < -0.39 is 5.97 Å². The molecule has 1 aromatic carbocycles. The second-order valence-electron chi connectivity index (χ2n) is 3.48. The van der Waals surface area contributed by atoms with E-state index in [0.717, 1.165) is 4.90 Å². The molecule has 5 nitrogen and oxygen atoms in total. The first-order chi connectivity index (χ1) is 9.19. The summed E-state index contributed by atoms with van der Waals surface area (Å²) in [6.45, 7) is 1.99. The van der Waals surface area contributed by atoms with E-state index >= 15 is 0 Å². The normalized spacial score (nSPS) is 10.4. The number of carbonyl (C=O) groups is 1. The van der Waals surface area contributed by atoms with Gasteiger partial charge in [-0.2, -0.15) is 4.98 Å². The average Bonchev–Trinajstić information content (AvgIpc) is 2.87. The van der Waals surface area contributed by atoms with Crippen LogP contribution in [0.25, 0.3) is 0 Å². The largest absolute Gasteiger partial charge is 0.459 e. The van der Waals surface area contributed by atoms with Gasteiger partial charge in [-0.1, -0.05) is 16.8 Å². The van der Waals surface area contributed by atoms with Crippen LogP contribution in [0, 0.1) is 0 Å². The summed E-state index contributed by atoms with van der Waals surface area (Å²) in [5, 5.41) is 4.41. The Morgan fingerprint density at radius 2 is 2.16 bits per heavy atom. The van der Waals surface area contributed by atoms with Gasteiger partial charge in [0.05, 0.1) is 12.4 Å². The Morgan fingerprint density at radius 3 is 2.84 bits per heavy atom. The number of nitrogens with zero attached hydrogens (tertiary/aromatic N) is 2. The van der Waals surface area contributed by atoms with Crippen molar-refractivity contribution in [3.63, 3.8) is 0 Å². The van der Waals surface area contributed by atoms with Crippen molar-refractivity contribution in [2.45, 2.75) is 17.6 Å². The molecule has 1 aromatic heterocycles. The lowest BCUT2D eigenvalue weighted by atomic mass is 10.4. The van der Waals surface area contributed by atoms with Crippen molar-refractivity contribution in [3.05, 3.63) is 41.0 Å². The summed E-state index contributed by atoms with van der Waals surface area (Å²) in [7, 11) is 0. The van der Waals surface area contributed by atoms with Gasteiger partial charge in [0.2, 0.25) is 0 Å². The molecule has 0 amide bonds. The fourth-order valence-electron chi connectivity index (χ4n) is 1.27. The Kier molecular flexibility index (Phi) is 4.81. The van der Waals surface area contributed by atoms with Crippen LogP contribution in [-0.4, -0.2) is 22.7 Å². The molecule has 0 saturated heterocycles. The van der Waals surface area contributed by atoms with Crippen LogP contribution in [0.15, 0.2) is 33.7 Å². The molecule has 0 radical (unpaired) electrons. The van der Waals surface area contributed by atoms with Gasteiger partial charge in [0.25, 0.3) is 0 Å². The Morgan fingerprint density at radius 1 is 1.42 bits per heavy atom. The van der Waals surface area contributed by atoms with Crippen LogP contribution in [0.2, 0.25) is 5.02 Å². The van der Waals surface area contributed by atoms with E-state index in [1.54, 1.807) is 6.92 Å². The molecule has 0 bridgehead atoms. The minimum Gasteiger partial charge on any atom is -0.459 e. The third-order valence-corrected chi connectivity index (χ3v) is 3.36. The van der Waals surface area contributed by atoms with Crippen molar-refractivity contribution < 1.29 is 14.1 Å². The number of hydrogen-bond acceptors (Lipinski definition) is 6. The first-order valence-electron chi connectivity index (χ1n) is 5.57. The highest BCUT2D eigenvalue weighted by atomic mass is 35.5. The van der Waals surface area contributed by atoms with E-state index in [1.807, 2.05) is 24.3 Å². The van der Waals surface area contributed by atoms with Gasteiger partial charge in [-0.25, -0.2) is 4.79 Å². The van der Waals surface area contributed by atoms with Gasteiger partial charge in [-0.05, 0) is 31.2 Å². The molecule has 100 valence electrons. The molecule has 7 heteroatoms. The predicted molar refractivity (Wildman–Crippen MR) is 71.3 cm³/mol. The second kappa shape index (κ2) is 6.58. The van der Waals surface area contributed by atoms with Crippen LogP contribution in [0.5, 0.6) is 0 Å². The summed E-state index contributed by atoms with van der Waals surface area (Å²) in [5.74, 6) is 0.235. The summed E-state index contributed by atoms with van der Waals surface area (Å²) < 4.78 is 9.58. The summed E-state index contributed by atoms with van der Waals surface area (Å²) in [6.07, 6.45) is 0. The Hall–Kier alpha value is -1.53. The van der Waals surface area contributed by atoms with E-state index in [4.69, 9.17) is 20.9 Å². The lowest BCUT2D eigenvalue weighted by molar-refractivity contribution is 0.0470. The molecular weight excluding hydrogens is 288 g/mol. The lowest BCUT2D eigenvalue weighted by Gasteiger charge is -1.97. The number of aromatic nitrogens is 2. The molecular formula is C12H11ClN2O3S. The first kappa shape index (κ1) is 13.9. The van der Waals surface area contributed by atoms with Crippen molar-refractivity contribution in [2.75, 3.05) is 6.61 Å². The molecule has 2 aromatic rings. The van der Waals surface area contributed by atoms with E-state index in [0.29, 0.717) is 16.6 Å². The van der Waals surface area contributed by atoms with Crippen LogP contribution in [0.1, 0.15) is 23.4 Å². The maximum absolute atomic E-state index is 11.3. The number of hydrogen-bond donors (Lipinski definition) is 0. The average molecular weight is 299 g/mol. The van der Waals surface area contributed by atoms with Gasteiger partial charge in [0.15, 0.2) is 5.82 Å². The smallest absolute Gasteiger partial charge is 0.397 e.